The lowest BCUT2D eigenvalue weighted by Gasteiger charge is -2.08. The molecule has 3 aromatic rings. The molecule has 0 atom stereocenters. The topological polar surface area (TPSA) is 73.3 Å². The summed E-state index contributed by atoms with van der Waals surface area (Å²) in [5, 5.41) is 6.58. The predicted molar refractivity (Wildman–Crippen MR) is 98.4 cm³/mol. The van der Waals surface area contributed by atoms with Gasteiger partial charge in [-0.15, -0.1) is 13.9 Å². The number of hydrogen-bond donors (Lipinski definition) is 1. The van der Waals surface area contributed by atoms with Gasteiger partial charge in [0.15, 0.2) is 11.5 Å². The number of amides is 1. The number of anilines is 1. The molecule has 0 radical (unpaired) electrons. The number of ether oxygens (including phenoxy) is 2. The average Bonchev–Trinajstić information content (AvgIpc) is 3.16. The van der Waals surface area contributed by atoms with Crippen molar-refractivity contribution in [3.05, 3.63) is 51.4 Å². The van der Waals surface area contributed by atoms with Crippen molar-refractivity contribution in [3.63, 3.8) is 0 Å². The molecule has 0 unspecified atom stereocenters. The van der Waals surface area contributed by atoms with E-state index in [-0.39, 0.29) is 17.4 Å². The van der Waals surface area contributed by atoms with Crippen LogP contribution in [0.4, 0.5) is 14.5 Å². The van der Waals surface area contributed by atoms with Crippen LogP contribution in [0.3, 0.4) is 0 Å². The zero-order valence-corrected chi connectivity index (χ0v) is 16.0. The predicted octanol–water partition coefficient (Wildman–Crippen LogP) is 4.85. The van der Waals surface area contributed by atoms with Crippen LogP contribution < -0.4 is 14.8 Å². The standard InChI is InChI=1S/C17H10BrF2N3O3S/c1-8-15(27-23-22-8)16(24)21-10-4-2-9(3-5-10)11-6-13-14(7-12(11)18)26-17(19,20)25-13/h2-7H,1H3,(H,21,24). The number of alkyl halides is 2. The summed E-state index contributed by atoms with van der Waals surface area (Å²) in [6, 6.07) is 9.84. The van der Waals surface area contributed by atoms with Crippen molar-refractivity contribution in [1.82, 2.24) is 9.59 Å². The summed E-state index contributed by atoms with van der Waals surface area (Å²) < 4.78 is 39.7. The molecule has 1 aliphatic heterocycles. The molecule has 1 aliphatic rings. The molecule has 1 N–H and O–H groups in total. The summed E-state index contributed by atoms with van der Waals surface area (Å²) in [5.41, 5.74) is 2.54. The van der Waals surface area contributed by atoms with Crippen LogP contribution in [-0.2, 0) is 0 Å². The summed E-state index contributed by atoms with van der Waals surface area (Å²) in [5.74, 6) is -0.362. The number of halogens is 3. The fourth-order valence-corrected chi connectivity index (χ4v) is 3.66. The Balaban J connectivity index is 1.57. The Morgan fingerprint density at radius 3 is 2.48 bits per heavy atom. The zero-order valence-electron chi connectivity index (χ0n) is 13.6. The molecule has 0 bridgehead atoms. The number of nitrogens with zero attached hydrogens (tertiary/aromatic N) is 2. The van der Waals surface area contributed by atoms with Crippen molar-refractivity contribution in [1.29, 1.82) is 0 Å². The van der Waals surface area contributed by atoms with Crippen molar-refractivity contribution in [2.75, 3.05) is 5.32 Å². The lowest BCUT2D eigenvalue weighted by atomic mass is 10.0. The molecule has 0 aliphatic carbocycles. The van der Waals surface area contributed by atoms with Crippen molar-refractivity contribution in [2.45, 2.75) is 13.2 Å². The van der Waals surface area contributed by atoms with Gasteiger partial charge in [0.25, 0.3) is 5.91 Å². The van der Waals surface area contributed by atoms with Gasteiger partial charge < -0.3 is 14.8 Å². The molecule has 2 heterocycles. The molecule has 4 rings (SSSR count). The monoisotopic (exact) mass is 453 g/mol. The molecule has 1 aromatic heterocycles. The lowest BCUT2D eigenvalue weighted by Crippen LogP contribution is -2.25. The highest BCUT2D eigenvalue weighted by atomic mass is 79.9. The largest absolute Gasteiger partial charge is 0.586 e. The van der Waals surface area contributed by atoms with Crippen molar-refractivity contribution >= 4 is 39.1 Å². The SMILES string of the molecule is Cc1nnsc1C(=O)Nc1ccc(-c2cc3c(cc2Br)OC(F)(F)O3)cc1. The van der Waals surface area contributed by atoms with Gasteiger partial charge in [0.1, 0.15) is 4.88 Å². The van der Waals surface area contributed by atoms with Crippen LogP contribution in [0.2, 0.25) is 0 Å². The Bertz CT molecular complexity index is 1040. The van der Waals surface area contributed by atoms with Crippen LogP contribution in [-0.4, -0.2) is 21.8 Å². The van der Waals surface area contributed by atoms with E-state index in [9.17, 15) is 13.6 Å². The Kier molecular flexibility index (Phi) is 4.31. The summed E-state index contributed by atoms with van der Waals surface area (Å²) in [4.78, 5) is 12.6. The molecule has 0 fully saturated rings. The number of benzene rings is 2. The smallest absolute Gasteiger partial charge is 0.395 e. The summed E-state index contributed by atoms with van der Waals surface area (Å²) in [6.45, 7) is 1.71. The van der Waals surface area contributed by atoms with Crippen molar-refractivity contribution < 1.29 is 23.0 Å². The second-order valence-electron chi connectivity index (χ2n) is 5.67. The molecule has 10 heteroatoms. The third kappa shape index (κ3) is 3.50. The summed E-state index contributed by atoms with van der Waals surface area (Å²) >= 11 is 4.38. The molecular weight excluding hydrogens is 444 g/mol. The normalized spacial score (nSPS) is 14.2. The third-order valence-electron chi connectivity index (χ3n) is 3.80. The van der Waals surface area contributed by atoms with Gasteiger partial charge in [0, 0.05) is 10.2 Å². The second kappa shape index (κ2) is 6.54. The van der Waals surface area contributed by atoms with Crippen LogP contribution in [0.15, 0.2) is 40.9 Å². The number of fused-ring (bicyclic) bond motifs is 1. The van der Waals surface area contributed by atoms with E-state index in [0.717, 1.165) is 17.1 Å². The van der Waals surface area contributed by atoms with E-state index in [1.807, 2.05) is 0 Å². The van der Waals surface area contributed by atoms with Crippen LogP contribution in [0, 0.1) is 6.92 Å². The summed E-state index contributed by atoms with van der Waals surface area (Å²) in [7, 11) is 0. The quantitative estimate of drug-likeness (QED) is 0.613. The van der Waals surface area contributed by atoms with Crippen molar-refractivity contribution in [3.8, 4) is 22.6 Å². The average molecular weight is 454 g/mol. The van der Waals surface area contributed by atoms with Gasteiger partial charge in [-0.25, -0.2) is 0 Å². The second-order valence-corrected chi connectivity index (χ2v) is 7.27. The Hall–Kier alpha value is -2.59. The number of aromatic nitrogens is 2. The number of carbonyl (C=O) groups excluding carboxylic acids is 1. The first kappa shape index (κ1) is 17.8. The number of nitrogens with one attached hydrogen (secondary N) is 1. The minimum atomic E-state index is -3.67. The number of rotatable bonds is 3. The minimum absolute atomic E-state index is 0.0342. The van der Waals surface area contributed by atoms with Gasteiger partial charge >= 0.3 is 6.29 Å². The van der Waals surface area contributed by atoms with E-state index in [1.54, 1.807) is 31.2 Å². The zero-order chi connectivity index (χ0) is 19.2. The maximum atomic E-state index is 13.2. The van der Waals surface area contributed by atoms with Crippen molar-refractivity contribution in [2.24, 2.45) is 0 Å². The first-order valence-corrected chi connectivity index (χ1v) is 9.19. The van der Waals surface area contributed by atoms with E-state index in [2.05, 4.69) is 40.3 Å². The van der Waals surface area contributed by atoms with E-state index in [4.69, 9.17) is 0 Å². The maximum Gasteiger partial charge on any atom is 0.586 e. The summed E-state index contributed by atoms with van der Waals surface area (Å²) in [6.07, 6.45) is -3.67. The van der Waals surface area contributed by atoms with Gasteiger partial charge in [-0.2, -0.15) is 0 Å². The highest BCUT2D eigenvalue weighted by molar-refractivity contribution is 9.10. The minimum Gasteiger partial charge on any atom is -0.395 e. The fourth-order valence-electron chi connectivity index (χ4n) is 2.55. The third-order valence-corrected chi connectivity index (χ3v) is 5.29. The van der Waals surface area contributed by atoms with E-state index in [1.165, 1.54) is 12.1 Å². The van der Waals surface area contributed by atoms with Gasteiger partial charge in [0.05, 0.1) is 5.69 Å². The first-order chi connectivity index (χ1) is 12.8. The van der Waals surface area contributed by atoms with Crippen LogP contribution >= 0.6 is 27.5 Å². The number of aryl methyl sites for hydroxylation is 1. The highest BCUT2D eigenvalue weighted by Crippen LogP contribution is 2.46. The Labute approximate surface area is 164 Å². The Morgan fingerprint density at radius 2 is 1.85 bits per heavy atom. The van der Waals surface area contributed by atoms with E-state index >= 15 is 0 Å². The van der Waals surface area contributed by atoms with Gasteiger partial charge in [-0.1, -0.05) is 32.6 Å². The highest BCUT2D eigenvalue weighted by Gasteiger charge is 2.43. The van der Waals surface area contributed by atoms with E-state index in [0.29, 0.717) is 26.3 Å². The molecule has 0 spiro atoms. The maximum absolute atomic E-state index is 13.2. The Morgan fingerprint density at radius 1 is 1.19 bits per heavy atom. The van der Waals surface area contributed by atoms with Gasteiger partial charge in [-0.3, -0.25) is 4.79 Å². The molecule has 6 nitrogen and oxygen atoms in total. The molecule has 0 saturated heterocycles. The first-order valence-electron chi connectivity index (χ1n) is 7.62. The van der Waals surface area contributed by atoms with Gasteiger partial charge in [-0.05, 0) is 53.8 Å². The van der Waals surface area contributed by atoms with E-state index < -0.39 is 6.29 Å². The van der Waals surface area contributed by atoms with Crippen LogP contribution in [0.25, 0.3) is 11.1 Å². The molecule has 138 valence electrons. The molecule has 27 heavy (non-hydrogen) atoms. The molecular formula is C17H10BrF2N3O3S. The van der Waals surface area contributed by atoms with Crippen LogP contribution in [0.1, 0.15) is 15.4 Å². The number of carbonyl (C=O) groups is 1. The number of hydrogen-bond acceptors (Lipinski definition) is 6. The van der Waals surface area contributed by atoms with Crippen LogP contribution in [0.5, 0.6) is 11.5 Å². The molecule has 2 aromatic carbocycles. The molecule has 1 amide bonds. The molecule has 0 saturated carbocycles. The lowest BCUT2D eigenvalue weighted by molar-refractivity contribution is -0.286. The fraction of sp³-hybridized carbons (Fsp3) is 0.118. The van der Waals surface area contributed by atoms with Gasteiger partial charge in [0.2, 0.25) is 0 Å².